The maximum absolute atomic E-state index is 11.2. The minimum atomic E-state index is -0.435. The fourth-order valence-electron chi connectivity index (χ4n) is 2.21. The minimum Gasteiger partial charge on any atom is -0.472 e. The standard InChI is InChI=1S/C14H14N2O3/c1-2-15-13(10-5-6-18-8-10)9-3-4-11-12(7-9)19-14(17)16-11/h3-8,13,15H,2H2,1H3,(H,16,17). The number of benzene rings is 1. The molecule has 0 spiro atoms. The number of hydrogen-bond acceptors (Lipinski definition) is 4. The molecule has 3 rings (SSSR count). The first kappa shape index (κ1) is 11.8. The van der Waals surface area contributed by atoms with Gasteiger partial charge in [0.05, 0.1) is 24.1 Å². The van der Waals surface area contributed by atoms with Crippen molar-refractivity contribution in [2.45, 2.75) is 13.0 Å². The van der Waals surface area contributed by atoms with Gasteiger partial charge in [-0.05, 0) is 30.3 Å². The van der Waals surface area contributed by atoms with E-state index in [-0.39, 0.29) is 6.04 Å². The van der Waals surface area contributed by atoms with Crippen molar-refractivity contribution in [3.8, 4) is 0 Å². The van der Waals surface area contributed by atoms with Crippen LogP contribution in [0.3, 0.4) is 0 Å². The Balaban J connectivity index is 2.06. The summed E-state index contributed by atoms with van der Waals surface area (Å²) in [6, 6.07) is 7.63. The van der Waals surface area contributed by atoms with E-state index >= 15 is 0 Å². The van der Waals surface area contributed by atoms with E-state index in [4.69, 9.17) is 8.83 Å². The molecule has 0 aliphatic carbocycles. The third kappa shape index (κ3) is 2.20. The Bertz CT molecular complexity index is 725. The molecule has 1 unspecified atom stereocenters. The van der Waals surface area contributed by atoms with E-state index in [0.717, 1.165) is 17.7 Å². The SMILES string of the molecule is CCNC(c1ccoc1)c1ccc2[nH]c(=O)oc2c1. The Labute approximate surface area is 109 Å². The number of rotatable bonds is 4. The largest absolute Gasteiger partial charge is 0.472 e. The van der Waals surface area contributed by atoms with Crippen LogP contribution in [-0.2, 0) is 0 Å². The number of furan rings is 1. The molecule has 5 nitrogen and oxygen atoms in total. The number of aromatic amines is 1. The summed E-state index contributed by atoms with van der Waals surface area (Å²) in [5, 5.41) is 3.38. The van der Waals surface area contributed by atoms with Crippen LogP contribution in [-0.4, -0.2) is 11.5 Å². The van der Waals surface area contributed by atoms with Crippen molar-refractivity contribution < 1.29 is 8.83 Å². The van der Waals surface area contributed by atoms with Crippen LogP contribution in [0.1, 0.15) is 24.1 Å². The predicted molar refractivity (Wildman–Crippen MR) is 71.1 cm³/mol. The number of nitrogens with one attached hydrogen (secondary N) is 2. The van der Waals surface area contributed by atoms with Gasteiger partial charge in [-0.15, -0.1) is 0 Å². The highest BCUT2D eigenvalue weighted by molar-refractivity contribution is 5.73. The van der Waals surface area contributed by atoms with Crippen LogP contribution in [0, 0.1) is 0 Å². The van der Waals surface area contributed by atoms with Crippen molar-refractivity contribution in [2.75, 3.05) is 6.54 Å². The van der Waals surface area contributed by atoms with Gasteiger partial charge in [-0.25, -0.2) is 4.79 Å². The topological polar surface area (TPSA) is 71.2 Å². The minimum absolute atomic E-state index is 0.0216. The van der Waals surface area contributed by atoms with Crippen LogP contribution in [0.4, 0.5) is 0 Å². The summed E-state index contributed by atoms with van der Waals surface area (Å²) < 4.78 is 10.2. The molecule has 0 amide bonds. The van der Waals surface area contributed by atoms with E-state index in [9.17, 15) is 4.79 Å². The normalized spacial score (nSPS) is 12.9. The molecule has 0 aliphatic heterocycles. The first-order valence-corrected chi connectivity index (χ1v) is 6.16. The summed E-state index contributed by atoms with van der Waals surface area (Å²) in [7, 11) is 0. The molecular formula is C14H14N2O3. The van der Waals surface area contributed by atoms with Gasteiger partial charge in [0.15, 0.2) is 5.58 Å². The Morgan fingerprint density at radius 1 is 1.32 bits per heavy atom. The number of aromatic nitrogens is 1. The molecule has 0 saturated carbocycles. The zero-order valence-corrected chi connectivity index (χ0v) is 10.5. The van der Waals surface area contributed by atoms with Crippen LogP contribution in [0.25, 0.3) is 11.1 Å². The number of H-pyrrole nitrogens is 1. The molecule has 3 aromatic rings. The van der Waals surface area contributed by atoms with Crippen molar-refractivity contribution >= 4 is 11.1 Å². The van der Waals surface area contributed by atoms with E-state index in [0.29, 0.717) is 11.1 Å². The summed E-state index contributed by atoms with van der Waals surface area (Å²) in [4.78, 5) is 13.8. The quantitative estimate of drug-likeness (QED) is 0.753. The molecule has 5 heteroatoms. The van der Waals surface area contributed by atoms with Crippen LogP contribution in [0.15, 0.2) is 50.4 Å². The van der Waals surface area contributed by atoms with E-state index in [1.807, 2.05) is 31.2 Å². The van der Waals surface area contributed by atoms with Crippen LogP contribution >= 0.6 is 0 Å². The summed E-state index contributed by atoms with van der Waals surface area (Å²) in [5.41, 5.74) is 3.34. The molecule has 0 aliphatic rings. The summed E-state index contributed by atoms with van der Waals surface area (Å²) in [6.07, 6.45) is 3.36. The highest BCUT2D eigenvalue weighted by atomic mass is 16.4. The summed E-state index contributed by atoms with van der Waals surface area (Å²) in [5.74, 6) is -0.435. The van der Waals surface area contributed by atoms with Gasteiger partial charge in [-0.2, -0.15) is 0 Å². The van der Waals surface area contributed by atoms with Gasteiger partial charge in [0, 0.05) is 5.56 Å². The molecule has 98 valence electrons. The van der Waals surface area contributed by atoms with Crippen LogP contribution in [0.5, 0.6) is 0 Å². The fourth-order valence-corrected chi connectivity index (χ4v) is 2.21. The predicted octanol–water partition coefficient (Wildman–Crippen LogP) is 2.41. The van der Waals surface area contributed by atoms with Gasteiger partial charge in [0.1, 0.15) is 0 Å². The molecule has 19 heavy (non-hydrogen) atoms. The lowest BCUT2D eigenvalue weighted by Crippen LogP contribution is -2.21. The highest BCUT2D eigenvalue weighted by Crippen LogP contribution is 2.24. The fraction of sp³-hybridized carbons (Fsp3) is 0.214. The highest BCUT2D eigenvalue weighted by Gasteiger charge is 2.15. The van der Waals surface area contributed by atoms with Crippen molar-refractivity contribution in [1.82, 2.24) is 10.3 Å². The lowest BCUT2D eigenvalue weighted by molar-refractivity contribution is 0.549. The first-order valence-electron chi connectivity index (χ1n) is 6.16. The van der Waals surface area contributed by atoms with Gasteiger partial charge in [-0.1, -0.05) is 13.0 Å². The van der Waals surface area contributed by atoms with Crippen molar-refractivity contribution in [3.63, 3.8) is 0 Å². The number of hydrogen-bond donors (Lipinski definition) is 2. The first-order chi connectivity index (χ1) is 9.28. The molecule has 0 bridgehead atoms. The molecule has 2 aromatic heterocycles. The van der Waals surface area contributed by atoms with Crippen molar-refractivity contribution in [3.05, 3.63) is 58.5 Å². The van der Waals surface area contributed by atoms with E-state index < -0.39 is 5.76 Å². The number of fused-ring (bicyclic) bond motifs is 1. The van der Waals surface area contributed by atoms with Gasteiger partial charge in [-0.3, -0.25) is 4.98 Å². The lowest BCUT2D eigenvalue weighted by Gasteiger charge is -2.16. The molecule has 2 heterocycles. The van der Waals surface area contributed by atoms with Crippen molar-refractivity contribution in [2.24, 2.45) is 0 Å². The Kier molecular flexibility index (Phi) is 2.97. The van der Waals surface area contributed by atoms with E-state index in [1.165, 1.54) is 0 Å². The van der Waals surface area contributed by atoms with E-state index in [2.05, 4.69) is 10.3 Å². The van der Waals surface area contributed by atoms with Crippen LogP contribution in [0.2, 0.25) is 0 Å². The monoisotopic (exact) mass is 258 g/mol. The molecule has 1 aromatic carbocycles. The molecule has 0 fully saturated rings. The maximum Gasteiger partial charge on any atom is 0.417 e. The maximum atomic E-state index is 11.2. The molecule has 0 saturated heterocycles. The van der Waals surface area contributed by atoms with Gasteiger partial charge in [0.2, 0.25) is 0 Å². The zero-order chi connectivity index (χ0) is 13.2. The third-order valence-electron chi connectivity index (χ3n) is 3.06. The third-order valence-corrected chi connectivity index (χ3v) is 3.06. The van der Waals surface area contributed by atoms with Gasteiger partial charge < -0.3 is 14.2 Å². The molecular weight excluding hydrogens is 244 g/mol. The Hall–Kier alpha value is -2.27. The second kappa shape index (κ2) is 4.78. The average molecular weight is 258 g/mol. The Morgan fingerprint density at radius 3 is 2.95 bits per heavy atom. The smallest absolute Gasteiger partial charge is 0.417 e. The van der Waals surface area contributed by atoms with E-state index in [1.54, 1.807) is 12.5 Å². The van der Waals surface area contributed by atoms with Crippen LogP contribution < -0.4 is 11.1 Å². The van der Waals surface area contributed by atoms with Crippen molar-refractivity contribution in [1.29, 1.82) is 0 Å². The van der Waals surface area contributed by atoms with Gasteiger partial charge in [0.25, 0.3) is 0 Å². The second-order valence-corrected chi connectivity index (χ2v) is 4.32. The lowest BCUT2D eigenvalue weighted by atomic mass is 10.0. The summed E-state index contributed by atoms with van der Waals surface area (Å²) >= 11 is 0. The summed E-state index contributed by atoms with van der Waals surface area (Å²) in [6.45, 7) is 2.87. The number of oxazole rings is 1. The average Bonchev–Trinajstić information content (AvgIpc) is 3.02. The molecule has 2 N–H and O–H groups in total. The zero-order valence-electron chi connectivity index (χ0n) is 10.5. The molecule has 1 atom stereocenters. The van der Waals surface area contributed by atoms with Gasteiger partial charge >= 0.3 is 5.76 Å². The second-order valence-electron chi connectivity index (χ2n) is 4.32. The molecule has 0 radical (unpaired) electrons. The Morgan fingerprint density at radius 2 is 2.21 bits per heavy atom.